The Morgan fingerprint density at radius 1 is 0.385 bits per heavy atom. The highest BCUT2D eigenvalue weighted by molar-refractivity contribution is 7.07. The second-order valence-electron chi connectivity index (χ2n) is 23.6. The second-order valence-corrected chi connectivity index (χ2v) is 26.6. The summed E-state index contributed by atoms with van der Waals surface area (Å²) in [7, 11) is 13.4. The summed E-state index contributed by atoms with van der Waals surface area (Å²) in [4.78, 5) is 103. The van der Waals surface area contributed by atoms with Gasteiger partial charge in [-0.3, -0.25) is 32.9 Å². The van der Waals surface area contributed by atoms with Crippen molar-refractivity contribution in [2.24, 2.45) is 15.0 Å². The van der Waals surface area contributed by atoms with E-state index in [4.69, 9.17) is 66.7 Å². The summed E-state index contributed by atoms with van der Waals surface area (Å²) in [6.07, 6.45) is 5.35. The number of rotatable bonds is 21. The minimum Gasteiger partial charge on any atom is -0.497 e. The molecule has 0 aliphatic carbocycles. The fraction of sp³-hybridized carbons (Fsp3) is 0.275. The van der Waals surface area contributed by atoms with Crippen LogP contribution in [0.4, 0.5) is 0 Å². The second kappa shape index (κ2) is 37.0. The number of methoxy groups -OCH3 is 9. The zero-order valence-corrected chi connectivity index (χ0v) is 65.3. The van der Waals surface area contributed by atoms with Gasteiger partial charge in [0.2, 0.25) is 0 Å². The summed E-state index contributed by atoms with van der Waals surface area (Å²) < 4.78 is 70.1. The fourth-order valence-electron chi connectivity index (χ4n) is 12.0. The molecule has 1 N–H and O–H groups in total. The zero-order valence-electron chi connectivity index (χ0n) is 62.8. The van der Waals surface area contributed by atoms with E-state index in [9.17, 15) is 28.8 Å². The van der Waals surface area contributed by atoms with Crippen LogP contribution in [-0.4, -0.2) is 126 Å². The Labute approximate surface area is 638 Å². The third-order valence-electron chi connectivity index (χ3n) is 16.9. The Morgan fingerprint density at radius 2 is 0.624 bits per heavy atom. The van der Waals surface area contributed by atoms with Crippen molar-refractivity contribution in [2.45, 2.75) is 66.6 Å². The number of hydrogen-bond donors (Lipinski definition) is 1. The molecule has 6 aromatic carbocycles. The molecular formula is C80H82N6O20S3. The summed E-state index contributed by atoms with van der Waals surface area (Å²) in [6.45, 7) is 13.6. The van der Waals surface area contributed by atoms with Crippen LogP contribution in [0.15, 0.2) is 191 Å². The summed E-state index contributed by atoms with van der Waals surface area (Å²) in [5, 5.41) is 7.42. The van der Waals surface area contributed by atoms with Crippen LogP contribution >= 0.6 is 34.0 Å². The molecule has 3 aliphatic rings. The summed E-state index contributed by atoms with van der Waals surface area (Å²) in [5.41, 5.74) is 6.29. The van der Waals surface area contributed by atoms with Gasteiger partial charge in [0, 0.05) is 6.92 Å². The van der Waals surface area contributed by atoms with Crippen LogP contribution in [0.3, 0.4) is 0 Å². The molecule has 0 saturated carbocycles. The van der Waals surface area contributed by atoms with E-state index in [0.29, 0.717) is 133 Å². The topological polar surface area (TPSA) is 302 Å². The molecule has 6 heterocycles. The van der Waals surface area contributed by atoms with Crippen molar-refractivity contribution in [1.29, 1.82) is 0 Å². The molecule has 0 radical (unpaired) electrons. The minimum absolute atomic E-state index is 0.253. The van der Waals surface area contributed by atoms with Gasteiger partial charge in [-0.25, -0.2) is 29.4 Å². The number of nitrogens with zero attached hydrogens (tertiary/aromatic N) is 6. The molecule has 3 aliphatic heterocycles. The zero-order chi connectivity index (χ0) is 78.9. The van der Waals surface area contributed by atoms with E-state index in [1.807, 2.05) is 112 Å². The van der Waals surface area contributed by atoms with Gasteiger partial charge in [0.1, 0.15) is 17.2 Å². The van der Waals surface area contributed by atoms with Gasteiger partial charge in [0.15, 0.2) is 48.9 Å². The molecule has 570 valence electrons. The number of carbonyl (C=O) groups is 4. The fourth-order valence-corrected chi connectivity index (χ4v) is 15.1. The lowest BCUT2D eigenvalue weighted by Crippen LogP contribution is -2.39. The number of hydrogen-bond acceptors (Lipinski definition) is 25. The van der Waals surface area contributed by atoms with Gasteiger partial charge in [-0.2, -0.15) is 0 Å². The predicted molar refractivity (Wildman–Crippen MR) is 412 cm³/mol. The molecule has 12 rings (SSSR count). The van der Waals surface area contributed by atoms with Crippen LogP contribution in [-0.2, 0) is 33.4 Å². The van der Waals surface area contributed by atoms with Crippen molar-refractivity contribution in [3.63, 3.8) is 0 Å². The first kappa shape index (κ1) is 81.0. The molecule has 0 fully saturated rings. The number of thiazole rings is 3. The first-order valence-electron chi connectivity index (χ1n) is 33.8. The molecular weight excluding hydrogens is 1460 g/mol. The maximum absolute atomic E-state index is 13.6. The van der Waals surface area contributed by atoms with Crippen LogP contribution in [0.1, 0.15) is 100.0 Å². The molecule has 3 aromatic heterocycles. The first-order chi connectivity index (χ1) is 52.5. The lowest BCUT2D eigenvalue weighted by molar-refractivity contribution is -0.137. The predicted octanol–water partition coefficient (Wildman–Crippen LogP) is 8.56. The number of allylic oxidation sites excluding steroid dienone is 3. The lowest BCUT2D eigenvalue weighted by atomic mass is 9.96. The van der Waals surface area contributed by atoms with Gasteiger partial charge < -0.3 is 61.9 Å². The molecule has 0 saturated heterocycles. The number of fused-ring (bicyclic) bond motifs is 3. The van der Waals surface area contributed by atoms with Crippen molar-refractivity contribution < 1.29 is 81.1 Å². The monoisotopic (exact) mass is 1540 g/mol. The van der Waals surface area contributed by atoms with E-state index in [1.54, 1.807) is 132 Å². The van der Waals surface area contributed by atoms with E-state index in [1.165, 1.54) is 55.3 Å². The van der Waals surface area contributed by atoms with Crippen LogP contribution in [0.2, 0.25) is 0 Å². The van der Waals surface area contributed by atoms with E-state index >= 15 is 0 Å². The molecule has 3 atom stereocenters. The van der Waals surface area contributed by atoms with Gasteiger partial charge in [-0.05, 0) is 166 Å². The number of aromatic nitrogens is 3. The smallest absolute Gasteiger partial charge is 0.338 e. The maximum atomic E-state index is 13.6. The van der Waals surface area contributed by atoms with Crippen LogP contribution in [0, 0.1) is 0 Å². The van der Waals surface area contributed by atoms with Crippen molar-refractivity contribution in [2.75, 3.05) is 83.8 Å². The number of ether oxygens (including phenoxy) is 12. The van der Waals surface area contributed by atoms with Gasteiger partial charge in [-0.15, -0.1) is 0 Å². The van der Waals surface area contributed by atoms with Crippen molar-refractivity contribution in [3.8, 4) is 51.7 Å². The van der Waals surface area contributed by atoms with Crippen LogP contribution < -0.4 is 87.3 Å². The molecule has 9 aromatic rings. The van der Waals surface area contributed by atoms with Gasteiger partial charge >= 0.3 is 17.9 Å². The molecule has 109 heavy (non-hydrogen) atoms. The van der Waals surface area contributed by atoms with Crippen LogP contribution in [0.25, 0.3) is 18.2 Å². The number of benzene rings is 6. The minimum atomic E-state index is -0.833. The lowest BCUT2D eigenvalue weighted by Gasteiger charge is -2.24. The number of aliphatic carboxylic acids is 1. The highest BCUT2D eigenvalue weighted by Gasteiger charge is 2.36. The van der Waals surface area contributed by atoms with E-state index < -0.39 is 42.0 Å². The SMILES string of the molecule is CC(=O)O.CCOc1ccc(/C=c2/sc3n(c2=O)C(c2ccc(OC)cc2)C(C(=O)OC)=C(C)N=3)cc1OC.CCOc1ccc(/C=c2/sc3n(c2=O)C(c2ccc(OC)cc2)C(C(=O)OC)=C(C)N=3)cc1OC.CCOc1ccc(/C=c2/sc3n(c2=O)C(c2ccc(OC)cc2)C(C(=O)OC)=C(C)N=3)cc1OC. The van der Waals surface area contributed by atoms with Gasteiger partial charge in [0.05, 0.1) is 149 Å². The summed E-state index contributed by atoms with van der Waals surface area (Å²) in [6, 6.07) is 36.2. The van der Waals surface area contributed by atoms with E-state index in [0.717, 1.165) is 40.3 Å². The Bertz CT molecular complexity index is 5050. The average Bonchev–Trinajstić information content (AvgIpc) is 1.66. The van der Waals surface area contributed by atoms with Crippen molar-refractivity contribution >= 4 is 76.1 Å². The third kappa shape index (κ3) is 18.1. The van der Waals surface area contributed by atoms with Crippen molar-refractivity contribution in [1.82, 2.24) is 13.7 Å². The average molecular weight is 1540 g/mol. The Balaban J connectivity index is 0.000000184. The number of carbonyl (C=O) groups excluding carboxylic acids is 3. The largest absolute Gasteiger partial charge is 0.497 e. The number of carboxylic acid groups (broad SMARTS) is 1. The van der Waals surface area contributed by atoms with Crippen LogP contribution in [0.5, 0.6) is 51.7 Å². The van der Waals surface area contributed by atoms with Gasteiger partial charge in [-0.1, -0.05) is 88.6 Å². The molecule has 26 nitrogen and oxygen atoms in total. The third-order valence-corrected chi connectivity index (χ3v) is 19.9. The molecule has 0 spiro atoms. The molecule has 3 unspecified atom stereocenters. The van der Waals surface area contributed by atoms with E-state index in [2.05, 4.69) is 15.0 Å². The Morgan fingerprint density at radius 3 is 0.826 bits per heavy atom. The first-order valence-corrected chi connectivity index (χ1v) is 36.3. The Hall–Kier alpha value is -12.1. The standard InChI is InChI=1S/3C26H26N2O6S.C2H4O2/c3*1-6-34-19-12-7-16(13-20(19)32-4)14-21-24(29)28-23(17-8-10-18(31-3)11-9-17)22(25(30)33-5)15(2)27-26(28)35-21;1-2(3)4/h3*7-14,23H,6H2,1-5H3;1H3,(H,3,4)/b3*21-14+;. The molecule has 29 heteroatoms. The Kier molecular flexibility index (Phi) is 27.5. The quantitative estimate of drug-likeness (QED) is 0.0520. The summed E-state index contributed by atoms with van der Waals surface area (Å²) >= 11 is 3.78. The molecule has 0 amide bonds. The van der Waals surface area contributed by atoms with E-state index in [-0.39, 0.29) is 16.7 Å². The normalized spacial score (nSPS) is 15.0. The summed E-state index contributed by atoms with van der Waals surface area (Å²) in [5.74, 6) is 3.22. The highest BCUT2D eigenvalue weighted by Crippen LogP contribution is 2.37. The van der Waals surface area contributed by atoms with Gasteiger partial charge in [0.25, 0.3) is 22.6 Å². The highest BCUT2D eigenvalue weighted by atomic mass is 32.1. The van der Waals surface area contributed by atoms with Crippen molar-refractivity contribution in [3.05, 3.63) is 254 Å². The molecule has 0 bridgehead atoms. The number of esters is 3. The number of carboxylic acids is 1. The maximum Gasteiger partial charge on any atom is 0.338 e.